The van der Waals surface area contributed by atoms with E-state index in [1.807, 2.05) is 18.2 Å². The van der Waals surface area contributed by atoms with Crippen molar-refractivity contribution in [3.8, 4) is 17.1 Å². The number of benzene rings is 1. The zero-order valence-corrected chi connectivity index (χ0v) is 14.3. The molecule has 130 valence electrons. The lowest BCUT2D eigenvalue weighted by molar-refractivity contribution is -0.386. The minimum Gasteiger partial charge on any atom is -0.497 e. The highest BCUT2D eigenvalue weighted by Crippen LogP contribution is 2.28. The van der Waals surface area contributed by atoms with Crippen LogP contribution in [0.25, 0.3) is 11.4 Å². The first-order valence-electron chi connectivity index (χ1n) is 7.60. The van der Waals surface area contributed by atoms with Crippen LogP contribution in [-0.2, 0) is 0 Å². The topological polar surface area (TPSA) is 109 Å². The summed E-state index contributed by atoms with van der Waals surface area (Å²) in [5.41, 5.74) is 1.54. The molecule has 0 saturated heterocycles. The number of nitrogens with zero attached hydrogens (tertiary/aromatic N) is 5. The molecule has 9 nitrogen and oxygen atoms in total. The summed E-state index contributed by atoms with van der Waals surface area (Å²) in [7, 11) is 1.58. The van der Waals surface area contributed by atoms with Crippen LogP contribution in [-0.4, -0.2) is 32.0 Å². The van der Waals surface area contributed by atoms with Gasteiger partial charge in [0.2, 0.25) is 5.82 Å². The van der Waals surface area contributed by atoms with Gasteiger partial charge in [-0.2, -0.15) is 10.1 Å². The van der Waals surface area contributed by atoms with Crippen LogP contribution in [0.3, 0.4) is 0 Å². The normalized spacial score (nSPS) is 12.2. The van der Waals surface area contributed by atoms with Gasteiger partial charge in [-0.05, 0) is 32.9 Å². The van der Waals surface area contributed by atoms with Gasteiger partial charge in [-0.1, -0.05) is 17.3 Å². The van der Waals surface area contributed by atoms with Gasteiger partial charge in [0.05, 0.1) is 12.0 Å². The molecule has 2 aromatic heterocycles. The van der Waals surface area contributed by atoms with Crippen molar-refractivity contribution >= 4 is 5.69 Å². The summed E-state index contributed by atoms with van der Waals surface area (Å²) >= 11 is 0. The molecule has 3 rings (SSSR count). The molecule has 1 atom stereocenters. The number of aryl methyl sites for hydroxylation is 1. The average molecular weight is 343 g/mol. The van der Waals surface area contributed by atoms with Crippen molar-refractivity contribution in [1.82, 2.24) is 19.9 Å². The third-order valence-electron chi connectivity index (χ3n) is 3.96. The van der Waals surface area contributed by atoms with Crippen molar-refractivity contribution in [3.05, 3.63) is 51.7 Å². The van der Waals surface area contributed by atoms with Gasteiger partial charge in [0.15, 0.2) is 0 Å². The molecule has 0 fully saturated rings. The molecule has 0 aliphatic rings. The second kappa shape index (κ2) is 6.34. The third-order valence-corrected chi connectivity index (χ3v) is 3.96. The van der Waals surface area contributed by atoms with Crippen molar-refractivity contribution in [2.45, 2.75) is 26.8 Å². The molecule has 25 heavy (non-hydrogen) atoms. The van der Waals surface area contributed by atoms with Crippen LogP contribution in [0.4, 0.5) is 5.69 Å². The van der Waals surface area contributed by atoms with E-state index in [2.05, 4.69) is 15.2 Å². The highest BCUT2D eigenvalue weighted by molar-refractivity contribution is 5.56. The minimum atomic E-state index is -0.434. The summed E-state index contributed by atoms with van der Waals surface area (Å²) in [5.74, 6) is 1.42. The molecule has 0 unspecified atom stereocenters. The first-order chi connectivity index (χ1) is 11.9. The van der Waals surface area contributed by atoms with E-state index >= 15 is 0 Å². The number of hydrogen-bond donors (Lipinski definition) is 0. The smallest absolute Gasteiger partial charge is 0.312 e. The van der Waals surface area contributed by atoms with Gasteiger partial charge in [0.1, 0.15) is 23.2 Å². The van der Waals surface area contributed by atoms with E-state index in [0.717, 1.165) is 5.56 Å². The molecular formula is C16H17N5O4. The number of aromatic nitrogens is 4. The maximum atomic E-state index is 11.2. The maximum absolute atomic E-state index is 11.2. The van der Waals surface area contributed by atoms with Gasteiger partial charge in [0.25, 0.3) is 5.89 Å². The Morgan fingerprint density at radius 1 is 1.36 bits per heavy atom. The summed E-state index contributed by atoms with van der Waals surface area (Å²) < 4.78 is 12.1. The molecule has 3 aromatic rings. The predicted molar refractivity (Wildman–Crippen MR) is 88.5 cm³/mol. The van der Waals surface area contributed by atoms with Crippen molar-refractivity contribution in [2.75, 3.05) is 7.11 Å². The monoisotopic (exact) mass is 343 g/mol. The number of methoxy groups -OCH3 is 1. The molecule has 0 aliphatic heterocycles. The van der Waals surface area contributed by atoms with E-state index < -0.39 is 11.0 Å². The highest BCUT2D eigenvalue weighted by Gasteiger charge is 2.27. The van der Waals surface area contributed by atoms with Crippen LogP contribution in [0.15, 0.2) is 28.8 Å². The van der Waals surface area contributed by atoms with Crippen LogP contribution in [0.5, 0.6) is 5.75 Å². The highest BCUT2D eigenvalue weighted by atomic mass is 16.6. The van der Waals surface area contributed by atoms with Crippen LogP contribution >= 0.6 is 0 Å². The standard InChI is InChI=1S/C16H17N5O4/c1-9-14(21(22)23)10(2)20(18-9)11(3)16-17-15(19-25-16)12-6-5-7-13(8-12)24-4/h5-8,11H,1-4H3/t11-/m0/s1. The first-order valence-corrected chi connectivity index (χ1v) is 7.60. The number of hydrogen-bond acceptors (Lipinski definition) is 7. The molecule has 0 radical (unpaired) electrons. The van der Waals surface area contributed by atoms with Gasteiger partial charge in [-0.3, -0.25) is 14.8 Å². The quantitative estimate of drug-likeness (QED) is 0.517. The molecular weight excluding hydrogens is 326 g/mol. The summed E-state index contributed by atoms with van der Waals surface area (Å²) in [6.45, 7) is 5.05. The lowest BCUT2D eigenvalue weighted by Gasteiger charge is -2.08. The van der Waals surface area contributed by atoms with Crippen LogP contribution in [0.1, 0.15) is 30.2 Å². The maximum Gasteiger partial charge on any atom is 0.312 e. The molecule has 0 saturated carbocycles. The van der Waals surface area contributed by atoms with Gasteiger partial charge in [0, 0.05) is 5.56 Å². The Morgan fingerprint density at radius 2 is 2.12 bits per heavy atom. The van der Waals surface area contributed by atoms with Crippen LogP contribution in [0, 0.1) is 24.0 Å². The van der Waals surface area contributed by atoms with Crippen LogP contribution in [0.2, 0.25) is 0 Å². The third kappa shape index (κ3) is 2.95. The van der Waals surface area contributed by atoms with Gasteiger partial charge < -0.3 is 9.26 Å². The van der Waals surface area contributed by atoms with E-state index in [1.165, 1.54) is 4.68 Å². The molecule has 0 aliphatic carbocycles. The Kier molecular flexibility index (Phi) is 4.22. The molecule has 2 heterocycles. The Labute approximate surface area is 143 Å². The molecule has 0 spiro atoms. The van der Waals surface area contributed by atoms with E-state index in [-0.39, 0.29) is 5.69 Å². The fourth-order valence-corrected chi connectivity index (χ4v) is 2.68. The lowest BCUT2D eigenvalue weighted by Crippen LogP contribution is -2.11. The Bertz CT molecular complexity index is 931. The summed E-state index contributed by atoms with van der Waals surface area (Å²) in [6, 6.07) is 6.86. The van der Waals surface area contributed by atoms with Crippen molar-refractivity contribution in [2.24, 2.45) is 0 Å². The average Bonchev–Trinajstić information content (AvgIpc) is 3.19. The summed E-state index contributed by atoms with van der Waals surface area (Å²) in [6.07, 6.45) is 0. The summed E-state index contributed by atoms with van der Waals surface area (Å²) in [4.78, 5) is 15.1. The fraction of sp³-hybridized carbons (Fsp3) is 0.312. The summed E-state index contributed by atoms with van der Waals surface area (Å²) in [5, 5.41) is 19.4. The van der Waals surface area contributed by atoms with Gasteiger partial charge in [-0.15, -0.1) is 0 Å². The minimum absolute atomic E-state index is 0.000570. The van der Waals surface area contributed by atoms with Crippen molar-refractivity contribution in [1.29, 1.82) is 0 Å². The second-order valence-electron chi connectivity index (χ2n) is 5.59. The zero-order valence-electron chi connectivity index (χ0n) is 14.3. The first kappa shape index (κ1) is 16.6. The van der Waals surface area contributed by atoms with Gasteiger partial charge >= 0.3 is 5.69 Å². The Morgan fingerprint density at radius 3 is 2.76 bits per heavy atom. The zero-order chi connectivity index (χ0) is 18.1. The second-order valence-corrected chi connectivity index (χ2v) is 5.59. The largest absolute Gasteiger partial charge is 0.497 e. The van der Waals surface area contributed by atoms with E-state index in [1.54, 1.807) is 33.9 Å². The van der Waals surface area contributed by atoms with E-state index in [0.29, 0.717) is 28.9 Å². The predicted octanol–water partition coefficient (Wildman–Crippen LogP) is 3.08. The van der Waals surface area contributed by atoms with Crippen LogP contribution < -0.4 is 4.74 Å². The lowest BCUT2D eigenvalue weighted by atomic mass is 10.2. The molecule has 1 aromatic carbocycles. The van der Waals surface area contributed by atoms with E-state index in [4.69, 9.17) is 9.26 Å². The van der Waals surface area contributed by atoms with Crippen molar-refractivity contribution in [3.63, 3.8) is 0 Å². The molecule has 0 bridgehead atoms. The van der Waals surface area contributed by atoms with Crippen molar-refractivity contribution < 1.29 is 14.2 Å². The molecule has 9 heteroatoms. The Balaban J connectivity index is 1.94. The number of rotatable bonds is 5. The molecule has 0 amide bonds. The van der Waals surface area contributed by atoms with Gasteiger partial charge in [-0.25, -0.2) is 0 Å². The number of nitro groups is 1. The Hall–Kier alpha value is -3.23. The van der Waals surface area contributed by atoms with E-state index in [9.17, 15) is 10.1 Å². The fourth-order valence-electron chi connectivity index (χ4n) is 2.68. The SMILES string of the molecule is COc1cccc(-c2noc([C@H](C)n3nc(C)c([N+](=O)[O-])c3C)n2)c1. The molecule has 0 N–H and O–H groups in total. The number of ether oxygens (including phenoxy) is 1.